The average molecular weight is 266 g/mol. The molecule has 0 saturated heterocycles. The van der Waals surface area contributed by atoms with Gasteiger partial charge in [-0.1, -0.05) is 12.1 Å². The quantitative estimate of drug-likeness (QED) is 0.900. The highest BCUT2D eigenvalue weighted by Gasteiger charge is 2.24. The Morgan fingerprint density at radius 1 is 0.947 bits per heavy atom. The van der Waals surface area contributed by atoms with E-state index < -0.39 is 23.1 Å². The molecule has 0 aliphatic carbocycles. The summed E-state index contributed by atoms with van der Waals surface area (Å²) in [4.78, 5) is 0. The first kappa shape index (κ1) is 13.6. The van der Waals surface area contributed by atoms with Gasteiger partial charge in [-0.2, -0.15) is 0 Å². The van der Waals surface area contributed by atoms with Crippen LogP contribution >= 0.6 is 0 Å². The molecule has 0 aromatic heterocycles. The Hall–Kier alpha value is -1.81. The maximum Gasteiger partial charge on any atom is 0.126 e. The van der Waals surface area contributed by atoms with Crippen LogP contribution in [0.25, 0.3) is 0 Å². The molecule has 0 saturated carbocycles. The molecule has 0 amide bonds. The standard InChI is InChI=1S/C15H13F3O/c1-15(19,11-3-2-4-12(16)7-11)9-10-5-13(17)8-14(18)6-10/h2-8,19H,9H2,1H3. The zero-order valence-corrected chi connectivity index (χ0v) is 10.3. The molecular formula is C15H13F3O. The van der Waals surface area contributed by atoms with Crippen molar-refractivity contribution in [2.75, 3.05) is 0 Å². The van der Waals surface area contributed by atoms with Crippen molar-refractivity contribution < 1.29 is 18.3 Å². The minimum atomic E-state index is -1.40. The van der Waals surface area contributed by atoms with E-state index in [0.29, 0.717) is 11.1 Å². The van der Waals surface area contributed by atoms with Crippen molar-refractivity contribution in [3.63, 3.8) is 0 Å². The lowest BCUT2D eigenvalue weighted by Gasteiger charge is -2.24. The summed E-state index contributed by atoms with van der Waals surface area (Å²) in [6.45, 7) is 1.48. The molecular weight excluding hydrogens is 253 g/mol. The molecule has 100 valence electrons. The van der Waals surface area contributed by atoms with Crippen LogP contribution in [-0.2, 0) is 12.0 Å². The molecule has 0 aliphatic rings. The van der Waals surface area contributed by atoms with Crippen LogP contribution in [0.4, 0.5) is 13.2 Å². The van der Waals surface area contributed by atoms with Crippen molar-refractivity contribution in [1.29, 1.82) is 0 Å². The zero-order valence-electron chi connectivity index (χ0n) is 10.3. The van der Waals surface area contributed by atoms with Crippen molar-refractivity contribution in [1.82, 2.24) is 0 Å². The first-order valence-corrected chi connectivity index (χ1v) is 5.80. The molecule has 19 heavy (non-hydrogen) atoms. The molecule has 1 N–H and O–H groups in total. The molecule has 1 unspecified atom stereocenters. The highest BCUT2D eigenvalue weighted by Crippen LogP contribution is 2.26. The molecule has 2 aromatic rings. The van der Waals surface area contributed by atoms with Crippen LogP contribution in [0.1, 0.15) is 18.1 Å². The lowest BCUT2D eigenvalue weighted by Crippen LogP contribution is -2.24. The van der Waals surface area contributed by atoms with Crippen molar-refractivity contribution in [2.45, 2.75) is 18.9 Å². The molecule has 0 heterocycles. The second-order valence-corrected chi connectivity index (χ2v) is 4.74. The van der Waals surface area contributed by atoms with Crippen LogP contribution in [0.15, 0.2) is 42.5 Å². The first-order valence-electron chi connectivity index (χ1n) is 5.80. The fourth-order valence-electron chi connectivity index (χ4n) is 2.04. The van der Waals surface area contributed by atoms with E-state index in [4.69, 9.17) is 0 Å². The van der Waals surface area contributed by atoms with E-state index in [-0.39, 0.29) is 6.42 Å². The van der Waals surface area contributed by atoms with Crippen molar-refractivity contribution in [3.8, 4) is 0 Å². The van der Waals surface area contributed by atoms with Gasteiger partial charge < -0.3 is 5.11 Å². The smallest absolute Gasteiger partial charge is 0.126 e. The van der Waals surface area contributed by atoms with Gasteiger partial charge in [-0.05, 0) is 42.3 Å². The summed E-state index contributed by atoms with van der Waals surface area (Å²) in [5.41, 5.74) is -0.730. The second-order valence-electron chi connectivity index (χ2n) is 4.74. The predicted molar refractivity (Wildman–Crippen MR) is 66.0 cm³/mol. The lowest BCUT2D eigenvalue weighted by molar-refractivity contribution is 0.0572. The molecule has 2 rings (SSSR count). The summed E-state index contributed by atoms with van der Waals surface area (Å²) in [7, 11) is 0. The van der Waals surface area contributed by atoms with E-state index in [1.807, 2.05) is 0 Å². The normalized spacial score (nSPS) is 14.2. The molecule has 1 atom stereocenters. The number of halogens is 3. The number of aliphatic hydroxyl groups is 1. The van der Waals surface area contributed by atoms with Crippen molar-refractivity contribution in [2.24, 2.45) is 0 Å². The van der Waals surface area contributed by atoms with Crippen LogP contribution in [0.2, 0.25) is 0 Å². The summed E-state index contributed by atoms with van der Waals surface area (Å²) in [6.07, 6.45) is -0.00880. The molecule has 0 aliphatic heterocycles. The lowest BCUT2D eigenvalue weighted by atomic mass is 9.89. The van der Waals surface area contributed by atoms with Crippen molar-refractivity contribution in [3.05, 3.63) is 71.0 Å². The Bertz CT molecular complexity index is 573. The fraction of sp³-hybridized carbons (Fsp3) is 0.200. The number of hydrogen-bond acceptors (Lipinski definition) is 1. The maximum absolute atomic E-state index is 13.1. The van der Waals surface area contributed by atoms with Crippen LogP contribution in [0.3, 0.4) is 0 Å². The first-order chi connectivity index (χ1) is 8.87. The van der Waals surface area contributed by atoms with E-state index in [9.17, 15) is 18.3 Å². The molecule has 0 bridgehead atoms. The summed E-state index contributed by atoms with van der Waals surface area (Å²) in [5, 5.41) is 10.3. The SMILES string of the molecule is CC(O)(Cc1cc(F)cc(F)c1)c1cccc(F)c1. The number of hydrogen-bond donors (Lipinski definition) is 1. The summed E-state index contributed by atoms with van der Waals surface area (Å²) < 4.78 is 39.3. The minimum Gasteiger partial charge on any atom is -0.385 e. The van der Waals surface area contributed by atoms with Gasteiger partial charge in [-0.15, -0.1) is 0 Å². The Balaban J connectivity index is 2.30. The third kappa shape index (κ3) is 3.35. The van der Waals surface area contributed by atoms with Gasteiger partial charge >= 0.3 is 0 Å². The van der Waals surface area contributed by atoms with E-state index in [0.717, 1.165) is 18.2 Å². The van der Waals surface area contributed by atoms with E-state index in [2.05, 4.69) is 0 Å². The summed E-state index contributed by atoms with van der Waals surface area (Å²) >= 11 is 0. The number of benzene rings is 2. The second kappa shape index (κ2) is 5.05. The highest BCUT2D eigenvalue weighted by atomic mass is 19.1. The summed E-state index contributed by atoms with van der Waals surface area (Å²) in [6, 6.07) is 8.58. The van der Waals surface area contributed by atoms with Crippen LogP contribution in [-0.4, -0.2) is 5.11 Å². The Labute approximate surface area is 109 Å². The fourth-order valence-corrected chi connectivity index (χ4v) is 2.04. The predicted octanol–water partition coefficient (Wildman–Crippen LogP) is 3.55. The average Bonchev–Trinajstić information content (AvgIpc) is 2.26. The number of rotatable bonds is 3. The van der Waals surface area contributed by atoms with Gasteiger partial charge in [-0.3, -0.25) is 0 Å². The minimum absolute atomic E-state index is 0.00880. The third-order valence-electron chi connectivity index (χ3n) is 2.92. The Morgan fingerprint density at radius 3 is 2.16 bits per heavy atom. The van der Waals surface area contributed by atoms with Crippen LogP contribution in [0, 0.1) is 17.5 Å². The van der Waals surface area contributed by atoms with E-state index in [1.165, 1.54) is 25.1 Å². The Morgan fingerprint density at radius 2 is 1.58 bits per heavy atom. The monoisotopic (exact) mass is 266 g/mol. The molecule has 0 radical (unpaired) electrons. The van der Waals surface area contributed by atoms with Gasteiger partial charge in [0, 0.05) is 12.5 Å². The van der Waals surface area contributed by atoms with Gasteiger partial charge in [0.1, 0.15) is 17.5 Å². The maximum atomic E-state index is 13.1. The van der Waals surface area contributed by atoms with Gasteiger partial charge in [0.15, 0.2) is 0 Å². The Kier molecular flexibility index (Phi) is 3.62. The van der Waals surface area contributed by atoms with Gasteiger partial charge in [0.05, 0.1) is 5.60 Å². The highest BCUT2D eigenvalue weighted by molar-refractivity contribution is 5.27. The molecule has 0 fully saturated rings. The topological polar surface area (TPSA) is 20.2 Å². The molecule has 2 aromatic carbocycles. The van der Waals surface area contributed by atoms with Gasteiger partial charge in [0.2, 0.25) is 0 Å². The van der Waals surface area contributed by atoms with Gasteiger partial charge in [-0.25, -0.2) is 13.2 Å². The van der Waals surface area contributed by atoms with Crippen molar-refractivity contribution >= 4 is 0 Å². The summed E-state index contributed by atoms with van der Waals surface area (Å²) in [5.74, 6) is -1.88. The molecule has 1 nitrogen and oxygen atoms in total. The zero-order chi connectivity index (χ0) is 14.0. The third-order valence-corrected chi connectivity index (χ3v) is 2.92. The van der Waals surface area contributed by atoms with E-state index >= 15 is 0 Å². The largest absolute Gasteiger partial charge is 0.385 e. The van der Waals surface area contributed by atoms with Gasteiger partial charge in [0.25, 0.3) is 0 Å². The molecule has 0 spiro atoms. The van der Waals surface area contributed by atoms with Crippen LogP contribution in [0.5, 0.6) is 0 Å². The van der Waals surface area contributed by atoms with E-state index in [1.54, 1.807) is 6.07 Å². The molecule has 4 heteroatoms. The van der Waals surface area contributed by atoms with Crippen LogP contribution < -0.4 is 0 Å².